The Morgan fingerprint density at radius 1 is 1.50 bits per heavy atom. The number of rotatable bonds is 6. The van der Waals surface area contributed by atoms with E-state index in [4.69, 9.17) is 0 Å². The van der Waals surface area contributed by atoms with Crippen LogP contribution in [0.1, 0.15) is 40.0 Å². The number of piperazine rings is 1. The summed E-state index contributed by atoms with van der Waals surface area (Å²) in [4.78, 5) is 2.66. The summed E-state index contributed by atoms with van der Waals surface area (Å²) in [7, 11) is 0. The van der Waals surface area contributed by atoms with E-state index < -0.39 is 0 Å². The van der Waals surface area contributed by atoms with Gasteiger partial charge in [0.2, 0.25) is 0 Å². The minimum Gasteiger partial charge on any atom is -0.311 e. The highest BCUT2D eigenvalue weighted by molar-refractivity contribution is 4.88. The number of nitrogens with one attached hydrogen (secondary N) is 1. The fraction of sp³-hybridized carbons (Fsp3) is 0.857. The van der Waals surface area contributed by atoms with Gasteiger partial charge in [0.15, 0.2) is 0 Å². The van der Waals surface area contributed by atoms with Crippen molar-refractivity contribution in [2.24, 2.45) is 5.92 Å². The highest BCUT2D eigenvalue weighted by Gasteiger charge is 2.28. The van der Waals surface area contributed by atoms with Crippen molar-refractivity contribution in [1.29, 1.82) is 0 Å². The van der Waals surface area contributed by atoms with Gasteiger partial charge in [-0.05, 0) is 18.8 Å². The Bertz CT molecular complexity index is 201. The number of hydrogen-bond donors (Lipinski definition) is 1. The highest BCUT2D eigenvalue weighted by Crippen LogP contribution is 2.17. The largest absolute Gasteiger partial charge is 0.311 e. The zero-order valence-electron chi connectivity index (χ0n) is 11.2. The summed E-state index contributed by atoms with van der Waals surface area (Å²) in [5.41, 5.74) is 0. The molecule has 1 N–H and O–H groups in total. The first-order chi connectivity index (χ1) is 7.69. The van der Waals surface area contributed by atoms with Crippen LogP contribution in [0.3, 0.4) is 0 Å². The number of hydrogen-bond acceptors (Lipinski definition) is 2. The van der Waals surface area contributed by atoms with Crippen molar-refractivity contribution in [2.45, 2.75) is 52.1 Å². The molecule has 0 saturated carbocycles. The van der Waals surface area contributed by atoms with Crippen LogP contribution in [0.15, 0.2) is 12.7 Å². The first-order valence-electron chi connectivity index (χ1n) is 6.77. The third-order valence-corrected chi connectivity index (χ3v) is 3.57. The Kier molecular flexibility index (Phi) is 6.07. The first-order valence-corrected chi connectivity index (χ1v) is 6.77. The lowest BCUT2D eigenvalue weighted by Gasteiger charge is -2.42. The molecule has 1 aliphatic heterocycles. The molecule has 2 nitrogen and oxygen atoms in total. The van der Waals surface area contributed by atoms with Gasteiger partial charge in [-0.1, -0.05) is 33.3 Å². The molecule has 0 aliphatic carbocycles. The fourth-order valence-electron chi connectivity index (χ4n) is 2.61. The molecular weight excluding hydrogens is 196 g/mol. The van der Waals surface area contributed by atoms with E-state index in [0.29, 0.717) is 12.1 Å². The van der Waals surface area contributed by atoms with Crippen LogP contribution in [0.5, 0.6) is 0 Å². The van der Waals surface area contributed by atoms with Gasteiger partial charge >= 0.3 is 0 Å². The van der Waals surface area contributed by atoms with Gasteiger partial charge in [0.05, 0.1) is 0 Å². The SMILES string of the molecule is C=CCCN1CC(CCC)NCC1C(C)C. The molecule has 0 aromatic heterocycles. The quantitative estimate of drug-likeness (QED) is 0.698. The van der Waals surface area contributed by atoms with Crippen LogP contribution in [-0.4, -0.2) is 36.6 Å². The van der Waals surface area contributed by atoms with E-state index in [1.54, 1.807) is 0 Å². The van der Waals surface area contributed by atoms with Crippen molar-refractivity contribution >= 4 is 0 Å². The van der Waals surface area contributed by atoms with Gasteiger partial charge in [0.25, 0.3) is 0 Å². The average molecular weight is 224 g/mol. The van der Waals surface area contributed by atoms with Crippen LogP contribution in [0.4, 0.5) is 0 Å². The van der Waals surface area contributed by atoms with Crippen molar-refractivity contribution in [3.63, 3.8) is 0 Å². The summed E-state index contributed by atoms with van der Waals surface area (Å²) in [6, 6.07) is 1.40. The molecule has 0 spiro atoms. The zero-order valence-corrected chi connectivity index (χ0v) is 11.2. The fourth-order valence-corrected chi connectivity index (χ4v) is 2.61. The molecule has 2 atom stereocenters. The van der Waals surface area contributed by atoms with E-state index in [0.717, 1.165) is 18.9 Å². The zero-order chi connectivity index (χ0) is 12.0. The summed E-state index contributed by atoms with van der Waals surface area (Å²) in [6.07, 6.45) is 5.73. The Labute approximate surface area is 101 Å². The second-order valence-corrected chi connectivity index (χ2v) is 5.28. The Hall–Kier alpha value is -0.340. The second kappa shape index (κ2) is 7.08. The lowest BCUT2D eigenvalue weighted by atomic mass is 9.97. The lowest BCUT2D eigenvalue weighted by molar-refractivity contribution is 0.0976. The predicted molar refractivity (Wildman–Crippen MR) is 71.7 cm³/mol. The van der Waals surface area contributed by atoms with Crippen LogP contribution < -0.4 is 5.32 Å². The summed E-state index contributed by atoms with van der Waals surface area (Å²) >= 11 is 0. The normalized spacial score (nSPS) is 27.2. The van der Waals surface area contributed by atoms with Gasteiger partial charge in [-0.3, -0.25) is 4.90 Å². The molecule has 2 heteroatoms. The van der Waals surface area contributed by atoms with E-state index in [1.807, 2.05) is 6.08 Å². The Morgan fingerprint density at radius 3 is 2.81 bits per heavy atom. The van der Waals surface area contributed by atoms with Gasteiger partial charge in [0, 0.05) is 31.7 Å². The van der Waals surface area contributed by atoms with Crippen LogP contribution >= 0.6 is 0 Å². The highest BCUT2D eigenvalue weighted by atomic mass is 15.2. The van der Waals surface area contributed by atoms with Crippen molar-refractivity contribution < 1.29 is 0 Å². The maximum atomic E-state index is 3.83. The molecule has 94 valence electrons. The summed E-state index contributed by atoms with van der Waals surface area (Å²) < 4.78 is 0. The van der Waals surface area contributed by atoms with Gasteiger partial charge in [-0.25, -0.2) is 0 Å². The molecule has 0 aromatic rings. The van der Waals surface area contributed by atoms with Crippen molar-refractivity contribution in [1.82, 2.24) is 10.2 Å². The second-order valence-electron chi connectivity index (χ2n) is 5.28. The Balaban J connectivity index is 2.50. The van der Waals surface area contributed by atoms with E-state index >= 15 is 0 Å². The maximum Gasteiger partial charge on any atom is 0.0244 e. The first kappa shape index (κ1) is 13.7. The maximum absolute atomic E-state index is 3.83. The van der Waals surface area contributed by atoms with Crippen molar-refractivity contribution in [2.75, 3.05) is 19.6 Å². The molecule has 1 rings (SSSR count). The molecule has 0 amide bonds. The predicted octanol–water partition coefficient (Wildman–Crippen LogP) is 2.66. The van der Waals surface area contributed by atoms with Gasteiger partial charge in [-0.2, -0.15) is 0 Å². The minimum atomic E-state index is 0.699. The van der Waals surface area contributed by atoms with Crippen molar-refractivity contribution in [3.05, 3.63) is 12.7 Å². The van der Waals surface area contributed by atoms with Gasteiger partial charge in [0.1, 0.15) is 0 Å². The van der Waals surface area contributed by atoms with E-state index in [1.165, 1.54) is 25.9 Å². The standard InChI is InChI=1S/C14H28N2/c1-5-7-9-16-11-13(8-6-2)15-10-14(16)12(3)4/h5,12-15H,1,6-11H2,2-4H3. The van der Waals surface area contributed by atoms with Gasteiger partial charge in [-0.15, -0.1) is 6.58 Å². The average Bonchev–Trinajstić information content (AvgIpc) is 2.26. The van der Waals surface area contributed by atoms with Crippen LogP contribution in [0.25, 0.3) is 0 Å². The Morgan fingerprint density at radius 2 is 2.25 bits per heavy atom. The van der Waals surface area contributed by atoms with E-state index in [-0.39, 0.29) is 0 Å². The molecule has 1 saturated heterocycles. The van der Waals surface area contributed by atoms with Crippen LogP contribution in [0.2, 0.25) is 0 Å². The lowest BCUT2D eigenvalue weighted by Crippen LogP contribution is -2.58. The smallest absolute Gasteiger partial charge is 0.0244 e. The number of nitrogens with zero attached hydrogens (tertiary/aromatic N) is 1. The molecule has 0 bridgehead atoms. The molecule has 1 aliphatic rings. The molecule has 0 aromatic carbocycles. The molecule has 1 fully saturated rings. The third-order valence-electron chi connectivity index (χ3n) is 3.57. The van der Waals surface area contributed by atoms with Crippen LogP contribution in [0, 0.1) is 5.92 Å². The minimum absolute atomic E-state index is 0.699. The topological polar surface area (TPSA) is 15.3 Å². The van der Waals surface area contributed by atoms with Crippen molar-refractivity contribution in [3.8, 4) is 0 Å². The molecular formula is C14H28N2. The monoisotopic (exact) mass is 224 g/mol. The molecule has 0 radical (unpaired) electrons. The summed E-state index contributed by atoms with van der Waals surface area (Å²) in [6.45, 7) is 14.3. The van der Waals surface area contributed by atoms with E-state index in [2.05, 4.69) is 37.6 Å². The molecule has 1 heterocycles. The summed E-state index contributed by atoms with van der Waals surface area (Å²) in [5, 5.41) is 3.69. The third kappa shape index (κ3) is 3.91. The van der Waals surface area contributed by atoms with Gasteiger partial charge < -0.3 is 5.32 Å². The van der Waals surface area contributed by atoms with E-state index in [9.17, 15) is 0 Å². The van der Waals surface area contributed by atoms with Crippen LogP contribution in [-0.2, 0) is 0 Å². The molecule has 2 unspecified atom stereocenters. The molecule has 16 heavy (non-hydrogen) atoms. The summed E-state index contributed by atoms with van der Waals surface area (Å²) in [5.74, 6) is 0.736.